The van der Waals surface area contributed by atoms with Crippen LogP contribution in [0.25, 0.3) is 22.4 Å². The molecule has 0 fully saturated rings. The molecule has 1 aromatic heterocycles. The molecule has 0 bridgehead atoms. The number of hydrogen-bond donors (Lipinski definition) is 1. The molecular formula is C16H8BrF5N2O3S. The molecule has 3 aromatic rings. The highest BCUT2D eigenvalue weighted by Crippen LogP contribution is 2.43. The molecule has 3 rings (SSSR count). The average Bonchev–Trinajstić information content (AvgIpc) is 2.98. The fourth-order valence-corrected chi connectivity index (χ4v) is 3.46. The van der Waals surface area contributed by atoms with Gasteiger partial charge in [-0.05, 0) is 29.8 Å². The first-order valence-electron chi connectivity index (χ1n) is 7.24. The number of hydrogen-bond acceptors (Lipinski definition) is 4. The van der Waals surface area contributed by atoms with E-state index in [2.05, 4.69) is 25.6 Å². The van der Waals surface area contributed by atoms with Gasteiger partial charge in [-0.2, -0.15) is 13.2 Å². The second-order valence-corrected chi connectivity index (χ2v) is 7.97. The lowest BCUT2D eigenvalue weighted by Crippen LogP contribution is -2.16. The normalized spacial score (nSPS) is 12.4. The van der Waals surface area contributed by atoms with Crippen molar-refractivity contribution in [2.75, 3.05) is 0 Å². The standard InChI is InChI=1S/C16H8BrF5N2O3S/c17-9-3-1-7(2-4-9)13-12(15(27-24-13)16(20,21)22)8-5-10(18)14(11(19)6-8)28(23,25)26/h1-6H,(H2,23,25,26). The van der Waals surface area contributed by atoms with Crippen LogP contribution in [0.1, 0.15) is 5.76 Å². The van der Waals surface area contributed by atoms with Gasteiger partial charge in [-0.15, -0.1) is 0 Å². The number of halogens is 6. The molecule has 5 nitrogen and oxygen atoms in total. The summed E-state index contributed by atoms with van der Waals surface area (Å²) in [4.78, 5) is -1.45. The predicted octanol–water partition coefficient (Wildman–Crippen LogP) is 4.72. The van der Waals surface area contributed by atoms with E-state index in [0.29, 0.717) is 16.6 Å². The molecule has 0 unspecified atom stereocenters. The van der Waals surface area contributed by atoms with Crippen LogP contribution in [0.5, 0.6) is 0 Å². The summed E-state index contributed by atoms with van der Waals surface area (Å²) in [5.41, 5.74) is -1.52. The van der Waals surface area contributed by atoms with E-state index in [1.165, 1.54) is 24.3 Å². The van der Waals surface area contributed by atoms with Crippen molar-refractivity contribution in [1.82, 2.24) is 5.16 Å². The molecule has 12 heteroatoms. The third-order valence-electron chi connectivity index (χ3n) is 3.64. The summed E-state index contributed by atoms with van der Waals surface area (Å²) in [6.45, 7) is 0. The summed E-state index contributed by atoms with van der Waals surface area (Å²) in [7, 11) is -4.77. The number of rotatable bonds is 3. The van der Waals surface area contributed by atoms with Crippen molar-refractivity contribution < 1.29 is 34.9 Å². The zero-order valence-corrected chi connectivity index (χ0v) is 15.8. The number of sulfonamides is 1. The fraction of sp³-hybridized carbons (Fsp3) is 0.0625. The zero-order valence-electron chi connectivity index (χ0n) is 13.4. The minimum absolute atomic E-state index is 0.175. The van der Waals surface area contributed by atoms with E-state index < -0.39 is 49.6 Å². The summed E-state index contributed by atoms with van der Waals surface area (Å²) < 4.78 is 96.0. The Morgan fingerprint density at radius 2 is 1.54 bits per heavy atom. The van der Waals surface area contributed by atoms with Gasteiger partial charge < -0.3 is 4.52 Å². The molecule has 2 aromatic carbocycles. The van der Waals surface area contributed by atoms with Gasteiger partial charge in [0.15, 0.2) is 4.90 Å². The third kappa shape index (κ3) is 3.80. The van der Waals surface area contributed by atoms with Crippen LogP contribution < -0.4 is 5.14 Å². The summed E-state index contributed by atoms with van der Waals surface area (Å²) >= 11 is 3.17. The topological polar surface area (TPSA) is 86.2 Å². The maximum atomic E-state index is 14.2. The molecule has 0 aliphatic carbocycles. The molecule has 28 heavy (non-hydrogen) atoms. The Balaban J connectivity index is 2.32. The number of nitrogens with two attached hydrogens (primary N) is 1. The maximum absolute atomic E-state index is 14.2. The Hall–Kier alpha value is -2.31. The highest BCUT2D eigenvalue weighted by atomic mass is 79.9. The Morgan fingerprint density at radius 3 is 2.00 bits per heavy atom. The number of primary sulfonamides is 1. The molecule has 0 spiro atoms. The predicted molar refractivity (Wildman–Crippen MR) is 91.4 cm³/mol. The SMILES string of the molecule is NS(=O)(=O)c1c(F)cc(-c2c(-c3ccc(Br)cc3)noc2C(F)(F)F)cc1F. The number of benzene rings is 2. The molecule has 0 atom stereocenters. The van der Waals surface area contributed by atoms with Crippen molar-refractivity contribution in [3.05, 3.63) is 58.3 Å². The van der Waals surface area contributed by atoms with Crippen molar-refractivity contribution in [3.63, 3.8) is 0 Å². The van der Waals surface area contributed by atoms with Gasteiger partial charge in [0.25, 0.3) is 0 Å². The quantitative estimate of drug-likeness (QED) is 0.547. The highest BCUT2D eigenvalue weighted by molar-refractivity contribution is 9.10. The first-order valence-corrected chi connectivity index (χ1v) is 9.58. The molecule has 0 saturated heterocycles. The average molecular weight is 483 g/mol. The van der Waals surface area contributed by atoms with Gasteiger partial charge in [0, 0.05) is 10.0 Å². The Morgan fingerprint density at radius 1 is 1.00 bits per heavy atom. The third-order valence-corrected chi connectivity index (χ3v) is 5.13. The highest BCUT2D eigenvalue weighted by Gasteiger charge is 2.41. The lowest BCUT2D eigenvalue weighted by molar-refractivity contribution is -0.154. The molecule has 1 heterocycles. The molecular weight excluding hydrogens is 475 g/mol. The van der Waals surface area contributed by atoms with E-state index in [0.717, 1.165) is 0 Å². The minimum Gasteiger partial charge on any atom is -0.350 e. The van der Waals surface area contributed by atoms with Crippen molar-refractivity contribution in [2.24, 2.45) is 5.14 Å². The molecule has 0 radical (unpaired) electrons. The van der Waals surface area contributed by atoms with Crippen molar-refractivity contribution in [3.8, 4) is 22.4 Å². The van der Waals surface area contributed by atoms with Crippen LogP contribution in [0.15, 0.2) is 50.3 Å². The van der Waals surface area contributed by atoms with Gasteiger partial charge in [-0.3, -0.25) is 0 Å². The van der Waals surface area contributed by atoms with Crippen LogP contribution in [0, 0.1) is 11.6 Å². The molecule has 0 aliphatic rings. The van der Waals surface area contributed by atoms with Crippen LogP contribution in [0.2, 0.25) is 0 Å². The molecule has 0 aliphatic heterocycles. The lowest BCUT2D eigenvalue weighted by Gasteiger charge is -2.10. The van der Waals surface area contributed by atoms with E-state index >= 15 is 0 Å². The maximum Gasteiger partial charge on any atom is 0.453 e. The molecule has 148 valence electrons. The largest absolute Gasteiger partial charge is 0.453 e. The van der Waals surface area contributed by atoms with Gasteiger partial charge in [0.1, 0.15) is 17.3 Å². The van der Waals surface area contributed by atoms with Crippen LogP contribution >= 0.6 is 15.9 Å². The van der Waals surface area contributed by atoms with Gasteiger partial charge in [0.2, 0.25) is 15.8 Å². The summed E-state index contributed by atoms with van der Waals surface area (Å²) in [5.74, 6) is -4.88. The lowest BCUT2D eigenvalue weighted by atomic mass is 9.98. The van der Waals surface area contributed by atoms with Crippen LogP contribution in [0.4, 0.5) is 22.0 Å². The van der Waals surface area contributed by atoms with Gasteiger partial charge in [-0.25, -0.2) is 22.3 Å². The molecule has 0 saturated carbocycles. The van der Waals surface area contributed by atoms with Crippen LogP contribution in [0.3, 0.4) is 0 Å². The first-order chi connectivity index (χ1) is 12.9. The number of alkyl halides is 3. The van der Waals surface area contributed by atoms with Crippen LogP contribution in [-0.2, 0) is 16.2 Å². The Labute approximate surface area is 163 Å². The smallest absolute Gasteiger partial charge is 0.350 e. The fourth-order valence-electron chi connectivity index (χ4n) is 2.53. The second-order valence-electron chi connectivity index (χ2n) is 5.55. The first kappa shape index (κ1) is 20.4. The molecule has 2 N–H and O–H groups in total. The Kier molecular flexibility index (Phi) is 5.06. The number of nitrogens with zero attached hydrogens (tertiary/aromatic N) is 1. The van der Waals surface area contributed by atoms with Crippen molar-refractivity contribution in [1.29, 1.82) is 0 Å². The molecule has 0 amide bonds. The van der Waals surface area contributed by atoms with Crippen molar-refractivity contribution in [2.45, 2.75) is 11.1 Å². The van der Waals surface area contributed by atoms with Gasteiger partial charge in [0.05, 0.1) is 5.56 Å². The van der Waals surface area contributed by atoms with E-state index in [9.17, 15) is 30.4 Å². The monoisotopic (exact) mass is 482 g/mol. The summed E-state index contributed by atoms with van der Waals surface area (Å²) in [6, 6.07) is 6.71. The van der Waals surface area contributed by atoms with E-state index in [-0.39, 0.29) is 11.3 Å². The minimum atomic E-state index is -5.03. The summed E-state index contributed by atoms with van der Waals surface area (Å²) in [6.07, 6.45) is -5.03. The van der Waals surface area contributed by atoms with E-state index in [1.54, 1.807) is 0 Å². The summed E-state index contributed by atoms with van der Waals surface area (Å²) in [5, 5.41) is 8.13. The van der Waals surface area contributed by atoms with Gasteiger partial charge in [-0.1, -0.05) is 33.2 Å². The van der Waals surface area contributed by atoms with Crippen LogP contribution in [-0.4, -0.2) is 13.6 Å². The van der Waals surface area contributed by atoms with Crippen molar-refractivity contribution >= 4 is 26.0 Å². The zero-order chi connectivity index (χ0) is 20.9. The van der Waals surface area contributed by atoms with Gasteiger partial charge >= 0.3 is 6.18 Å². The second kappa shape index (κ2) is 6.94. The van der Waals surface area contributed by atoms with E-state index in [1.807, 2.05) is 0 Å². The Bertz CT molecular complexity index is 1140. The number of aromatic nitrogens is 1. The van der Waals surface area contributed by atoms with E-state index in [4.69, 9.17) is 5.14 Å².